The van der Waals surface area contributed by atoms with Gasteiger partial charge in [-0.3, -0.25) is 4.79 Å². The number of piperidine rings is 1. The van der Waals surface area contributed by atoms with Crippen LogP contribution >= 0.6 is 11.6 Å². The van der Waals surface area contributed by atoms with Crippen molar-refractivity contribution in [3.05, 3.63) is 46.7 Å². The normalized spacial score (nSPS) is 17.1. The van der Waals surface area contributed by atoms with E-state index in [4.69, 9.17) is 16.3 Å². The number of ether oxygens (including phenoxy) is 1. The van der Waals surface area contributed by atoms with Crippen molar-refractivity contribution >= 4 is 23.3 Å². The van der Waals surface area contributed by atoms with Crippen LogP contribution in [-0.4, -0.2) is 54.3 Å². The summed E-state index contributed by atoms with van der Waals surface area (Å²) < 4.78 is 19.9. The van der Waals surface area contributed by atoms with Crippen LogP contribution in [0.5, 0.6) is 5.88 Å². The van der Waals surface area contributed by atoms with Crippen LogP contribution in [-0.2, 0) is 0 Å². The molecule has 1 aromatic heterocycles. The number of halogens is 2. The predicted molar refractivity (Wildman–Crippen MR) is 97.3 cm³/mol. The average molecular weight is 379 g/mol. The monoisotopic (exact) mass is 378 g/mol. The van der Waals surface area contributed by atoms with E-state index in [1.165, 1.54) is 18.2 Å². The maximum Gasteiger partial charge on any atom is 0.258 e. The second-order valence-corrected chi connectivity index (χ2v) is 6.76. The van der Waals surface area contributed by atoms with Crippen molar-refractivity contribution in [2.45, 2.75) is 18.9 Å². The molecule has 1 saturated heterocycles. The molecule has 1 unspecified atom stereocenters. The lowest BCUT2D eigenvalue weighted by Crippen LogP contribution is -2.44. The van der Waals surface area contributed by atoms with E-state index in [9.17, 15) is 9.18 Å². The van der Waals surface area contributed by atoms with Gasteiger partial charge in [0.15, 0.2) is 5.82 Å². The zero-order valence-corrected chi connectivity index (χ0v) is 15.4. The molecular weight excluding hydrogens is 359 g/mol. The fraction of sp³-hybridized carbons (Fsp3) is 0.389. The maximum absolute atomic E-state index is 14.0. The molecule has 6 nitrogen and oxygen atoms in total. The summed E-state index contributed by atoms with van der Waals surface area (Å²) in [6.45, 7) is 0.884. The van der Waals surface area contributed by atoms with Gasteiger partial charge in [-0.1, -0.05) is 17.7 Å². The van der Waals surface area contributed by atoms with Crippen LogP contribution in [0.3, 0.4) is 0 Å². The van der Waals surface area contributed by atoms with E-state index in [-0.39, 0.29) is 16.7 Å². The summed E-state index contributed by atoms with van der Waals surface area (Å²) in [7, 11) is 3.76. The van der Waals surface area contributed by atoms with E-state index in [0.717, 1.165) is 18.7 Å². The summed E-state index contributed by atoms with van der Waals surface area (Å²) >= 11 is 6.01. The van der Waals surface area contributed by atoms with Crippen LogP contribution < -0.4 is 9.64 Å². The lowest BCUT2D eigenvalue weighted by molar-refractivity contribution is 0.0521. The fourth-order valence-electron chi connectivity index (χ4n) is 2.86. The van der Waals surface area contributed by atoms with Crippen LogP contribution in [0.1, 0.15) is 23.2 Å². The van der Waals surface area contributed by atoms with Crippen molar-refractivity contribution in [1.29, 1.82) is 0 Å². The van der Waals surface area contributed by atoms with Gasteiger partial charge in [-0.05, 0) is 31.0 Å². The highest BCUT2D eigenvalue weighted by Crippen LogP contribution is 2.24. The Morgan fingerprint density at radius 3 is 2.77 bits per heavy atom. The van der Waals surface area contributed by atoms with Gasteiger partial charge in [0.2, 0.25) is 5.88 Å². The quantitative estimate of drug-likeness (QED) is 0.818. The molecule has 0 aliphatic carbocycles. The second-order valence-electron chi connectivity index (χ2n) is 6.35. The van der Waals surface area contributed by atoms with Crippen molar-refractivity contribution in [2.75, 3.05) is 32.1 Å². The van der Waals surface area contributed by atoms with Gasteiger partial charge in [0.1, 0.15) is 11.9 Å². The van der Waals surface area contributed by atoms with Crippen molar-refractivity contribution in [3.8, 4) is 5.88 Å². The predicted octanol–water partition coefficient (Wildman–Crippen LogP) is 3.02. The van der Waals surface area contributed by atoms with E-state index < -0.39 is 11.7 Å². The van der Waals surface area contributed by atoms with Gasteiger partial charge < -0.3 is 14.5 Å². The van der Waals surface area contributed by atoms with Crippen LogP contribution in [0.2, 0.25) is 5.02 Å². The molecule has 26 heavy (non-hydrogen) atoms. The largest absolute Gasteiger partial charge is 0.471 e. The number of likely N-dealkylation sites (tertiary alicyclic amines) is 1. The zero-order valence-electron chi connectivity index (χ0n) is 14.7. The molecule has 3 rings (SSSR count). The molecule has 0 bridgehead atoms. The van der Waals surface area contributed by atoms with Gasteiger partial charge in [-0.15, -0.1) is 10.2 Å². The molecule has 2 aromatic rings. The van der Waals surface area contributed by atoms with Crippen molar-refractivity contribution in [2.24, 2.45) is 0 Å². The Morgan fingerprint density at radius 1 is 1.31 bits per heavy atom. The lowest BCUT2D eigenvalue weighted by atomic mass is 10.1. The standard InChI is InChI=1S/C18H20ClFN4O2/c1-23(2)15-8-9-16(22-21-15)26-12-5-4-10-24(11-12)18(25)17-13(19)6-3-7-14(17)20/h3,6-9,12H,4-5,10-11H2,1-2H3. The summed E-state index contributed by atoms with van der Waals surface area (Å²) in [5.74, 6) is 0.0944. The van der Waals surface area contributed by atoms with E-state index in [1.807, 2.05) is 25.1 Å². The first-order valence-corrected chi connectivity index (χ1v) is 8.74. The molecule has 138 valence electrons. The second kappa shape index (κ2) is 7.86. The van der Waals surface area contributed by atoms with Gasteiger partial charge in [0.05, 0.1) is 17.1 Å². The Hall–Kier alpha value is -2.41. The number of nitrogens with zero attached hydrogens (tertiary/aromatic N) is 4. The number of rotatable bonds is 4. The van der Waals surface area contributed by atoms with E-state index in [2.05, 4.69) is 10.2 Å². The molecule has 0 radical (unpaired) electrons. The summed E-state index contributed by atoms with van der Waals surface area (Å²) in [5.41, 5.74) is -0.0926. The molecule has 1 aliphatic heterocycles. The minimum absolute atomic E-state index is 0.0926. The van der Waals surface area contributed by atoms with Crippen molar-refractivity contribution in [3.63, 3.8) is 0 Å². The van der Waals surface area contributed by atoms with E-state index in [1.54, 1.807) is 11.0 Å². The molecule has 0 spiro atoms. The smallest absolute Gasteiger partial charge is 0.258 e. The van der Waals surface area contributed by atoms with Crippen LogP contribution in [0.15, 0.2) is 30.3 Å². The topological polar surface area (TPSA) is 58.6 Å². The lowest BCUT2D eigenvalue weighted by Gasteiger charge is -2.32. The minimum Gasteiger partial charge on any atom is -0.471 e. The van der Waals surface area contributed by atoms with Gasteiger partial charge >= 0.3 is 0 Å². The molecule has 0 saturated carbocycles. The molecule has 1 atom stereocenters. The number of anilines is 1. The van der Waals surface area contributed by atoms with Crippen molar-refractivity contribution < 1.29 is 13.9 Å². The maximum atomic E-state index is 14.0. The summed E-state index contributed by atoms with van der Waals surface area (Å²) in [6.07, 6.45) is 1.31. The third-order valence-corrected chi connectivity index (χ3v) is 4.53. The first kappa shape index (κ1) is 18.4. The van der Waals surface area contributed by atoms with Crippen molar-refractivity contribution in [1.82, 2.24) is 15.1 Å². The molecule has 1 amide bonds. The third kappa shape index (κ3) is 4.04. The summed E-state index contributed by atoms with van der Waals surface area (Å²) in [5, 5.41) is 8.24. The summed E-state index contributed by atoms with van der Waals surface area (Å²) in [4.78, 5) is 16.1. The number of amides is 1. The first-order chi connectivity index (χ1) is 12.5. The molecule has 1 aliphatic rings. The highest BCUT2D eigenvalue weighted by molar-refractivity contribution is 6.33. The Kier molecular flexibility index (Phi) is 5.56. The molecule has 1 aromatic carbocycles. The van der Waals surface area contributed by atoms with Gasteiger partial charge in [-0.2, -0.15) is 0 Å². The number of hydrogen-bond donors (Lipinski definition) is 0. The number of aromatic nitrogens is 2. The third-order valence-electron chi connectivity index (χ3n) is 4.21. The highest BCUT2D eigenvalue weighted by Gasteiger charge is 2.28. The first-order valence-electron chi connectivity index (χ1n) is 8.36. The SMILES string of the molecule is CN(C)c1ccc(OC2CCCN(C(=O)c3c(F)cccc3Cl)C2)nn1. The molecule has 2 heterocycles. The van der Waals surface area contributed by atoms with E-state index >= 15 is 0 Å². The van der Waals surface area contributed by atoms with Crippen LogP contribution in [0.4, 0.5) is 10.2 Å². The highest BCUT2D eigenvalue weighted by atomic mass is 35.5. The zero-order chi connectivity index (χ0) is 18.7. The Bertz CT molecular complexity index is 765. The minimum atomic E-state index is -0.615. The molecule has 8 heteroatoms. The Balaban J connectivity index is 1.68. The van der Waals surface area contributed by atoms with Crippen LogP contribution in [0, 0.1) is 5.82 Å². The van der Waals surface area contributed by atoms with Gasteiger partial charge in [-0.25, -0.2) is 4.39 Å². The molecule has 0 N–H and O–H groups in total. The number of carbonyl (C=O) groups excluding carboxylic acids is 1. The Morgan fingerprint density at radius 2 is 2.12 bits per heavy atom. The van der Waals surface area contributed by atoms with Gasteiger partial charge in [0, 0.05) is 26.7 Å². The fourth-order valence-corrected chi connectivity index (χ4v) is 3.11. The van der Waals surface area contributed by atoms with Gasteiger partial charge in [0.25, 0.3) is 5.91 Å². The molecule has 1 fully saturated rings. The number of benzene rings is 1. The molecular formula is C18H20ClFN4O2. The average Bonchev–Trinajstić information content (AvgIpc) is 2.62. The Labute approximate surface area is 156 Å². The number of carbonyl (C=O) groups is 1. The number of hydrogen-bond acceptors (Lipinski definition) is 5. The van der Waals surface area contributed by atoms with Crippen LogP contribution in [0.25, 0.3) is 0 Å². The summed E-state index contributed by atoms with van der Waals surface area (Å²) in [6, 6.07) is 7.79. The van der Waals surface area contributed by atoms with E-state index in [0.29, 0.717) is 19.0 Å².